The van der Waals surface area contributed by atoms with Crippen LogP contribution in [0.25, 0.3) is 10.8 Å². The molecular weight excluding hydrogens is 250 g/mol. The predicted molar refractivity (Wildman–Crippen MR) is 80.8 cm³/mol. The maximum atomic E-state index is 5.81. The molecule has 1 aliphatic heterocycles. The number of methoxy groups -OCH3 is 1. The van der Waals surface area contributed by atoms with Gasteiger partial charge in [-0.05, 0) is 55.1 Å². The van der Waals surface area contributed by atoms with Crippen molar-refractivity contribution in [2.45, 2.75) is 12.5 Å². The van der Waals surface area contributed by atoms with Crippen LogP contribution in [-0.4, -0.2) is 37.1 Å². The number of rotatable bonds is 3. The van der Waals surface area contributed by atoms with E-state index < -0.39 is 0 Å². The molecule has 2 aromatic rings. The van der Waals surface area contributed by atoms with E-state index in [1.54, 1.807) is 13.3 Å². The molecule has 2 atom stereocenters. The van der Waals surface area contributed by atoms with Crippen LogP contribution in [0.4, 0.5) is 0 Å². The Hall–Kier alpha value is -1.65. The third-order valence-corrected chi connectivity index (χ3v) is 4.30. The van der Waals surface area contributed by atoms with Gasteiger partial charge in [-0.15, -0.1) is 0 Å². The van der Waals surface area contributed by atoms with Gasteiger partial charge in [0.1, 0.15) is 0 Å². The van der Waals surface area contributed by atoms with Crippen LogP contribution in [-0.2, 0) is 0 Å². The molecule has 2 unspecified atom stereocenters. The van der Waals surface area contributed by atoms with E-state index in [0.29, 0.717) is 17.8 Å². The van der Waals surface area contributed by atoms with Crippen LogP contribution in [0.3, 0.4) is 0 Å². The van der Waals surface area contributed by atoms with Crippen molar-refractivity contribution in [2.24, 2.45) is 11.7 Å². The summed E-state index contributed by atoms with van der Waals surface area (Å²) < 4.78 is 5.31. The fraction of sp³-hybridized carbons (Fsp3) is 0.438. The first kappa shape index (κ1) is 13.3. The van der Waals surface area contributed by atoms with Crippen molar-refractivity contribution in [3.8, 4) is 5.88 Å². The molecule has 3 rings (SSSR count). The first-order valence-electron chi connectivity index (χ1n) is 7.06. The van der Waals surface area contributed by atoms with Crippen molar-refractivity contribution >= 4 is 10.8 Å². The molecule has 0 saturated carbocycles. The molecule has 0 bridgehead atoms. The maximum Gasteiger partial charge on any atom is 0.221 e. The third-order valence-electron chi connectivity index (χ3n) is 4.30. The minimum atomic E-state index is 0.465. The number of likely N-dealkylation sites (tertiary alicyclic amines) is 1. The van der Waals surface area contributed by atoms with Crippen molar-refractivity contribution in [2.75, 3.05) is 27.2 Å². The molecule has 20 heavy (non-hydrogen) atoms. The lowest BCUT2D eigenvalue weighted by Gasteiger charge is -2.20. The average Bonchev–Trinajstić information content (AvgIpc) is 2.87. The van der Waals surface area contributed by atoms with Crippen molar-refractivity contribution in [3.63, 3.8) is 0 Å². The van der Waals surface area contributed by atoms with Gasteiger partial charge in [-0.25, -0.2) is 4.98 Å². The van der Waals surface area contributed by atoms with E-state index in [2.05, 4.69) is 35.1 Å². The number of hydrogen-bond donors (Lipinski definition) is 1. The highest BCUT2D eigenvalue weighted by molar-refractivity contribution is 5.87. The van der Waals surface area contributed by atoms with Gasteiger partial charge in [-0.3, -0.25) is 4.90 Å². The summed E-state index contributed by atoms with van der Waals surface area (Å²) in [6, 6.07) is 9.05. The second kappa shape index (κ2) is 5.38. The monoisotopic (exact) mass is 271 g/mol. The highest BCUT2D eigenvalue weighted by atomic mass is 16.5. The molecule has 0 radical (unpaired) electrons. The standard InChI is InChI=1S/C16H21N3O/c1-19-10-11(9-17)7-15(19)13-3-4-14-12(8-13)5-6-18-16(14)20-2/h3-6,8,11,15H,7,9-10,17H2,1-2H3. The Kier molecular flexibility index (Phi) is 3.59. The van der Waals surface area contributed by atoms with Gasteiger partial charge in [0.2, 0.25) is 5.88 Å². The molecule has 1 aliphatic rings. The van der Waals surface area contributed by atoms with Crippen LogP contribution in [0.5, 0.6) is 5.88 Å². The average molecular weight is 271 g/mol. The summed E-state index contributed by atoms with van der Waals surface area (Å²) in [5, 5.41) is 2.24. The SMILES string of the molecule is COc1nccc2cc(C3CC(CN)CN3C)ccc12. The number of nitrogens with two attached hydrogens (primary N) is 1. The molecule has 106 valence electrons. The zero-order valence-electron chi connectivity index (χ0n) is 12.0. The molecule has 4 heteroatoms. The van der Waals surface area contributed by atoms with Crippen LogP contribution in [0, 0.1) is 5.92 Å². The normalized spacial score (nSPS) is 23.4. The summed E-state index contributed by atoms with van der Waals surface area (Å²) in [6.07, 6.45) is 2.94. The van der Waals surface area contributed by atoms with E-state index in [1.807, 2.05) is 6.07 Å². The molecule has 1 saturated heterocycles. The van der Waals surface area contributed by atoms with Crippen molar-refractivity contribution in [1.82, 2.24) is 9.88 Å². The number of hydrogen-bond acceptors (Lipinski definition) is 4. The van der Waals surface area contributed by atoms with Gasteiger partial charge in [0, 0.05) is 24.2 Å². The fourth-order valence-corrected chi connectivity index (χ4v) is 3.20. The Balaban J connectivity index is 1.97. The first-order chi connectivity index (χ1) is 9.72. The largest absolute Gasteiger partial charge is 0.481 e. The number of ether oxygens (including phenoxy) is 1. The lowest BCUT2D eigenvalue weighted by atomic mass is 9.98. The highest BCUT2D eigenvalue weighted by Gasteiger charge is 2.29. The lowest BCUT2D eigenvalue weighted by Crippen LogP contribution is -2.20. The number of pyridine rings is 1. The fourth-order valence-electron chi connectivity index (χ4n) is 3.20. The second-order valence-electron chi connectivity index (χ2n) is 5.59. The maximum absolute atomic E-state index is 5.81. The minimum Gasteiger partial charge on any atom is -0.481 e. The molecule has 4 nitrogen and oxygen atoms in total. The van der Waals surface area contributed by atoms with Gasteiger partial charge < -0.3 is 10.5 Å². The molecule has 2 N–H and O–H groups in total. The first-order valence-corrected chi connectivity index (χ1v) is 7.06. The molecule has 0 aliphatic carbocycles. The quantitative estimate of drug-likeness (QED) is 0.929. The second-order valence-corrected chi connectivity index (χ2v) is 5.59. The zero-order valence-corrected chi connectivity index (χ0v) is 12.0. The molecular formula is C16H21N3O. The summed E-state index contributed by atoms with van der Waals surface area (Å²) >= 11 is 0. The van der Waals surface area contributed by atoms with E-state index in [-0.39, 0.29) is 0 Å². The zero-order chi connectivity index (χ0) is 14.1. The number of aromatic nitrogens is 1. The minimum absolute atomic E-state index is 0.465. The number of benzene rings is 1. The summed E-state index contributed by atoms with van der Waals surface area (Å²) in [7, 11) is 3.84. The van der Waals surface area contributed by atoms with E-state index in [1.165, 1.54) is 10.9 Å². The van der Waals surface area contributed by atoms with Crippen LogP contribution < -0.4 is 10.5 Å². The highest BCUT2D eigenvalue weighted by Crippen LogP contribution is 2.35. The Bertz CT molecular complexity index is 614. The van der Waals surface area contributed by atoms with E-state index in [0.717, 1.165) is 24.9 Å². The summed E-state index contributed by atoms with van der Waals surface area (Å²) in [5.74, 6) is 1.29. The molecule has 0 spiro atoms. The van der Waals surface area contributed by atoms with Gasteiger partial charge in [0.05, 0.1) is 7.11 Å². The molecule has 0 amide bonds. The van der Waals surface area contributed by atoms with E-state index >= 15 is 0 Å². The Morgan fingerprint density at radius 1 is 1.40 bits per heavy atom. The van der Waals surface area contributed by atoms with Gasteiger partial charge in [0.25, 0.3) is 0 Å². The van der Waals surface area contributed by atoms with E-state index in [9.17, 15) is 0 Å². The van der Waals surface area contributed by atoms with Gasteiger partial charge in [0.15, 0.2) is 0 Å². The Morgan fingerprint density at radius 3 is 2.95 bits per heavy atom. The van der Waals surface area contributed by atoms with Gasteiger partial charge >= 0.3 is 0 Å². The van der Waals surface area contributed by atoms with Crippen molar-refractivity contribution < 1.29 is 4.74 Å². The van der Waals surface area contributed by atoms with Crippen LogP contribution >= 0.6 is 0 Å². The number of fused-ring (bicyclic) bond motifs is 1. The molecule has 1 aromatic heterocycles. The van der Waals surface area contributed by atoms with Gasteiger partial charge in [-0.1, -0.05) is 6.07 Å². The summed E-state index contributed by atoms with van der Waals surface area (Å²) in [4.78, 5) is 6.64. The Morgan fingerprint density at radius 2 is 2.25 bits per heavy atom. The van der Waals surface area contributed by atoms with Crippen molar-refractivity contribution in [3.05, 3.63) is 36.0 Å². The number of nitrogens with zero attached hydrogens (tertiary/aromatic N) is 2. The van der Waals surface area contributed by atoms with Crippen molar-refractivity contribution in [1.29, 1.82) is 0 Å². The Labute approximate surface area is 119 Å². The molecule has 1 fully saturated rings. The van der Waals surface area contributed by atoms with E-state index in [4.69, 9.17) is 10.5 Å². The van der Waals surface area contributed by atoms with Crippen LogP contribution in [0.2, 0.25) is 0 Å². The van der Waals surface area contributed by atoms with Crippen LogP contribution in [0.1, 0.15) is 18.0 Å². The third kappa shape index (κ3) is 2.25. The summed E-state index contributed by atoms with van der Waals surface area (Å²) in [6.45, 7) is 1.85. The van der Waals surface area contributed by atoms with Crippen LogP contribution in [0.15, 0.2) is 30.5 Å². The van der Waals surface area contributed by atoms with Gasteiger partial charge in [-0.2, -0.15) is 0 Å². The molecule has 2 heterocycles. The summed E-state index contributed by atoms with van der Waals surface area (Å²) in [5.41, 5.74) is 7.16. The predicted octanol–water partition coefficient (Wildman–Crippen LogP) is 2.19. The lowest BCUT2D eigenvalue weighted by molar-refractivity contribution is 0.314. The molecule has 1 aromatic carbocycles. The topological polar surface area (TPSA) is 51.4 Å². The smallest absolute Gasteiger partial charge is 0.221 e.